The number of rotatable bonds is 4. The Balaban J connectivity index is 2.33. The van der Waals surface area contributed by atoms with Gasteiger partial charge in [0, 0.05) is 25.2 Å². The van der Waals surface area contributed by atoms with Gasteiger partial charge < -0.3 is 14.7 Å². The van der Waals surface area contributed by atoms with Crippen molar-refractivity contribution < 1.29 is 4.39 Å². The molecule has 0 spiro atoms. The number of halogens is 2. The largest absolute Gasteiger partial charge is 0.351 e. The molecule has 0 aromatic carbocycles. The first-order chi connectivity index (χ1) is 9.85. The van der Waals surface area contributed by atoms with Gasteiger partial charge >= 0.3 is 0 Å². The molecular weight excluding hydrogens is 297 g/mol. The zero-order valence-corrected chi connectivity index (χ0v) is 13.4. The predicted octanol–water partition coefficient (Wildman–Crippen LogP) is 0.235. The molecule has 0 unspecified atom stereocenters. The molecule has 1 fully saturated rings. The van der Waals surface area contributed by atoms with Gasteiger partial charge in [-0.3, -0.25) is 5.43 Å². The monoisotopic (exact) mass is 317 g/mol. The number of nitrogens with zero attached hydrogens (tertiary/aromatic N) is 5. The normalized spacial score (nSPS) is 22.4. The number of nitrogen functional groups attached to an aromatic ring is 1. The van der Waals surface area contributed by atoms with Crippen molar-refractivity contribution in [2.45, 2.75) is 12.1 Å². The first-order valence-corrected chi connectivity index (χ1v) is 7.00. The number of likely N-dealkylation sites (N-methyl/N-ethyl adjacent to an activating group) is 2. The zero-order chi connectivity index (χ0) is 15.7. The molecule has 0 saturated carbocycles. The summed E-state index contributed by atoms with van der Waals surface area (Å²) in [5, 5.41) is -0.234. The van der Waals surface area contributed by atoms with Crippen LogP contribution in [-0.2, 0) is 0 Å². The fourth-order valence-electron chi connectivity index (χ4n) is 2.64. The fraction of sp³-hybridized carbons (Fsp3) is 0.667. The molecule has 9 heteroatoms. The molecule has 1 aliphatic heterocycles. The summed E-state index contributed by atoms with van der Waals surface area (Å²) in [6.07, 6.45) is 0. The highest BCUT2D eigenvalue weighted by atomic mass is 35.5. The van der Waals surface area contributed by atoms with E-state index in [1.807, 2.05) is 33.1 Å². The van der Waals surface area contributed by atoms with Crippen molar-refractivity contribution in [3.63, 3.8) is 0 Å². The lowest BCUT2D eigenvalue weighted by molar-refractivity contribution is 0.191. The molecule has 1 aliphatic rings. The van der Waals surface area contributed by atoms with Gasteiger partial charge in [0.1, 0.15) is 0 Å². The van der Waals surface area contributed by atoms with Crippen LogP contribution in [0.5, 0.6) is 0 Å². The third-order valence-corrected chi connectivity index (χ3v) is 4.06. The van der Waals surface area contributed by atoms with Gasteiger partial charge in [-0.2, -0.15) is 14.4 Å². The van der Waals surface area contributed by atoms with E-state index in [1.165, 1.54) is 0 Å². The van der Waals surface area contributed by atoms with E-state index in [0.29, 0.717) is 13.1 Å². The van der Waals surface area contributed by atoms with E-state index in [9.17, 15) is 4.39 Å². The summed E-state index contributed by atoms with van der Waals surface area (Å²) in [6.45, 7) is 1.31. The number of hydrogen-bond acceptors (Lipinski definition) is 7. The molecule has 118 valence electrons. The zero-order valence-electron chi connectivity index (χ0n) is 12.6. The van der Waals surface area contributed by atoms with Gasteiger partial charge in [-0.25, -0.2) is 5.84 Å². The van der Waals surface area contributed by atoms with Crippen molar-refractivity contribution >= 4 is 23.4 Å². The Morgan fingerprint density at radius 2 is 1.71 bits per heavy atom. The summed E-state index contributed by atoms with van der Waals surface area (Å²) in [7, 11) is 8.06. The minimum atomic E-state index is -0.618. The molecule has 7 nitrogen and oxygen atoms in total. The van der Waals surface area contributed by atoms with Crippen LogP contribution < -0.4 is 16.2 Å². The molecule has 2 atom stereocenters. The highest BCUT2D eigenvalue weighted by molar-refractivity contribution is 6.29. The third-order valence-electron chi connectivity index (χ3n) is 3.81. The van der Waals surface area contributed by atoms with Gasteiger partial charge in [-0.05, 0) is 28.2 Å². The molecule has 0 bridgehead atoms. The SMILES string of the molecule is CN(C)[C@@H]1CN(c2nc(NN)nc(Cl)c2F)C[C@@H]1N(C)C. The summed E-state index contributed by atoms with van der Waals surface area (Å²) in [4.78, 5) is 14.0. The lowest BCUT2D eigenvalue weighted by Gasteiger charge is -2.29. The van der Waals surface area contributed by atoms with Crippen LogP contribution in [0, 0.1) is 5.82 Å². The number of hydrogen-bond donors (Lipinski definition) is 2. The average molecular weight is 318 g/mol. The van der Waals surface area contributed by atoms with E-state index >= 15 is 0 Å². The smallest absolute Gasteiger partial charge is 0.240 e. The Labute approximate surface area is 128 Å². The Hall–Kier alpha value is -1.22. The number of nitrogens with two attached hydrogens (primary N) is 1. The molecule has 0 radical (unpaired) electrons. The van der Waals surface area contributed by atoms with Crippen LogP contribution in [0.2, 0.25) is 5.15 Å². The molecule has 2 rings (SSSR count). The maximum atomic E-state index is 14.2. The van der Waals surface area contributed by atoms with Crippen LogP contribution in [0.15, 0.2) is 0 Å². The standard InChI is InChI=1S/C12H21ClFN7/c1-19(2)7-5-21(6-8(7)20(3)4)11-9(14)10(13)16-12(17-11)18-15/h7-8H,5-6,15H2,1-4H3,(H,16,17,18)/t7-,8+. The number of anilines is 2. The van der Waals surface area contributed by atoms with Gasteiger partial charge in [0.2, 0.25) is 11.8 Å². The van der Waals surface area contributed by atoms with Crippen LogP contribution >= 0.6 is 11.6 Å². The maximum absolute atomic E-state index is 14.2. The first-order valence-electron chi connectivity index (χ1n) is 6.62. The van der Waals surface area contributed by atoms with E-state index in [-0.39, 0.29) is 29.0 Å². The molecule has 0 aliphatic carbocycles. The molecule has 1 aromatic heterocycles. The van der Waals surface area contributed by atoms with Crippen molar-refractivity contribution in [1.82, 2.24) is 19.8 Å². The second kappa shape index (κ2) is 6.27. The highest BCUT2D eigenvalue weighted by Gasteiger charge is 2.37. The van der Waals surface area contributed by atoms with Gasteiger partial charge in [-0.1, -0.05) is 11.6 Å². The predicted molar refractivity (Wildman–Crippen MR) is 82.0 cm³/mol. The Morgan fingerprint density at radius 1 is 1.19 bits per heavy atom. The molecule has 0 amide bonds. The quantitative estimate of drug-likeness (QED) is 0.468. The summed E-state index contributed by atoms with van der Waals surface area (Å²) in [5.74, 6) is 4.96. The Bertz CT molecular complexity index is 495. The second-order valence-electron chi connectivity index (χ2n) is 5.59. The molecule has 1 saturated heterocycles. The van der Waals surface area contributed by atoms with Crippen LogP contribution in [-0.4, -0.2) is 73.1 Å². The maximum Gasteiger partial charge on any atom is 0.240 e. The summed E-state index contributed by atoms with van der Waals surface area (Å²) in [6, 6.07) is 0.532. The molecule has 1 aromatic rings. The minimum absolute atomic E-state index is 0.103. The number of nitrogens with one attached hydrogen (secondary N) is 1. The molecule has 21 heavy (non-hydrogen) atoms. The van der Waals surface area contributed by atoms with Crippen molar-refractivity contribution in [3.05, 3.63) is 11.0 Å². The lowest BCUT2D eigenvalue weighted by atomic mass is 10.1. The third kappa shape index (κ3) is 3.18. The van der Waals surface area contributed by atoms with Crippen molar-refractivity contribution in [2.24, 2.45) is 5.84 Å². The van der Waals surface area contributed by atoms with E-state index in [2.05, 4.69) is 25.2 Å². The van der Waals surface area contributed by atoms with Crippen LogP contribution in [0.3, 0.4) is 0 Å². The van der Waals surface area contributed by atoms with E-state index < -0.39 is 5.82 Å². The van der Waals surface area contributed by atoms with Crippen LogP contribution in [0.1, 0.15) is 0 Å². The lowest BCUT2D eigenvalue weighted by Crippen LogP contribution is -2.45. The topological polar surface area (TPSA) is 73.5 Å². The average Bonchev–Trinajstić information content (AvgIpc) is 2.87. The first kappa shape index (κ1) is 16.2. The second-order valence-corrected chi connectivity index (χ2v) is 5.94. The number of hydrazine groups is 1. The minimum Gasteiger partial charge on any atom is -0.351 e. The number of aromatic nitrogens is 2. The fourth-order valence-corrected chi connectivity index (χ4v) is 2.80. The summed E-state index contributed by atoms with van der Waals surface area (Å²) >= 11 is 5.80. The van der Waals surface area contributed by atoms with Gasteiger partial charge in [0.15, 0.2) is 11.0 Å². The van der Waals surface area contributed by atoms with Crippen molar-refractivity contribution in [1.29, 1.82) is 0 Å². The Morgan fingerprint density at radius 3 is 2.14 bits per heavy atom. The highest BCUT2D eigenvalue weighted by Crippen LogP contribution is 2.28. The summed E-state index contributed by atoms with van der Waals surface area (Å²) < 4.78 is 14.2. The van der Waals surface area contributed by atoms with Gasteiger partial charge in [0.05, 0.1) is 0 Å². The van der Waals surface area contributed by atoms with Crippen molar-refractivity contribution in [3.8, 4) is 0 Å². The molecule has 2 heterocycles. The van der Waals surface area contributed by atoms with Gasteiger partial charge in [-0.15, -0.1) is 0 Å². The summed E-state index contributed by atoms with van der Waals surface area (Å²) in [5.41, 5.74) is 2.31. The molecule has 3 N–H and O–H groups in total. The van der Waals surface area contributed by atoms with E-state index in [1.54, 1.807) is 0 Å². The Kier molecular flexibility index (Phi) is 4.82. The van der Waals surface area contributed by atoms with Crippen LogP contribution in [0.4, 0.5) is 16.2 Å². The van der Waals surface area contributed by atoms with Gasteiger partial charge in [0.25, 0.3) is 0 Å². The van der Waals surface area contributed by atoms with E-state index in [4.69, 9.17) is 17.4 Å². The van der Waals surface area contributed by atoms with E-state index in [0.717, 1.165) is 0 Å². The van der Waals surface area contributed by atoms with Crippen LogP contribution in [0.25, 0.3) is 0 Å². The van der Waals surface area contributed by atoms with Crippen molar-refractivity contribution in [2.75, 3.05) is 51.6 Å². The molecular formula is C12H21ClFN7.